The van der Waals surface area contributed by atoms with E-state index in [4.69, 9.17) is 5.73 Å². The van der Waals surface area contributed by atoms with Gasteiger partial charge in [-0.3, -0.25) is 9.59 Å². The Kier molecular flexibility index (Phi) is 6.96. The van der Waals surface area contributed by atoms with Crippen LogP contribution in [0.15, 0.2) is 0 Å². The summed E-state index contributed by atoms with van der Waals surface area (Å²) in [5.74, 6) is -1.45. The summed E-state index contributed by atoms with van der Waals surface area (Å²) in [6, 6.07) is -1.40. The van der Waals surface area contributed by atoms with E-state index in [-0.39, 0.29) is 18.4 Å². The predicted octanol–water partition coefficient (Wildman–Crippen LogP) is -1.24. The number of ether oxygens (including phenoxy) is 1. The number of carbonyl (C=O) groups is 3. The third-order valence-electron chi connectivity index (χ3n) is 2.38. The maximum atomic E-state index is 11.4. The fraction of sp³-hybridized carbons (Fsp3) is 0.727. The molecule has 0 aliphatic heterocycles. The van der Waals surface area contributed by atoms with Crippen molar-refractivity contribution in [3.63, 3.8) is 0 Å². The van der Waals surface area contributed by atoms with Gasteiger partial charge in [-0.05, 0) is 5.92 Å². The average molecular weight is 259 g/mol. The van der Waals surface area contributed by atoms with Crippen molar-refractivity contribution in [1.82, 2.24) is 10.6 Å². The van der Waals surface area contributed by atoms with Gasteiger partial charge < -0.3 is 21.1 Å². The Morgan fingerprint density at radius 1 is 1.28 bits per heavy atom. The van der Waals surface area contributed by atoms with Crippen molar-refractivity contribution >= 4 is 17.8 Å². The molecule has 0 aromatic rings. The maximum absolute atomic E-state index is 11.4. The summed E-state index contributed by atoms with van der Waals surface area (Å²) < 4.78 is 4.56. The van der Waals surface area contributed by atoms with Crippen LogP contribution in [-0.4, -0.2) is 43.5 Å². The van der Waals surface area contributed by atoms with Crippen molar-refractivity contribution in [2.75, 3.05) is 13.7 Å². The molecular formula is C11H21N3O4. The zero-order chi connectivity index (χ0) is 14.3. The molecule has 2 unspecified atom stereocenters. The van der Waals surface area contributed by atoms with E-state index in [9.17, 15) is 14.4 Å². The Morgan fingerprint density at radius 2 is 1.83 bits per heavy atom. The van der Waals surface area contributed by atoms with Crippen molar-refractivity contribution < 1.29 is 19.1 Å². The minimum absolute atomic E-state index is 0.0156. The quantitative estimate of drug-likeness (QED) is 0.495. The Balaban J connectivity index is 4.53. The molecule has 0 spiro atoms. The normalized spacial score (nSPS) is 13.8. The number of amides is 2. The largest absolute Gasteiger partial charge is 0.467 e. The third-order valence-corrected chi connectivity index (χ3v) is 2.38. The molecule has 2 amide bonds. The first-order chi connectivity index (χ1) is 8.29. The molecule has 0 radical (unpaired) electrons. The topological polar surface area (TPSA) is 111 Å². The number of rotatable bonds is 7. The lowest BCUT2D eigenvalue weighted by Gasteiger charge is -2.22. The molecule has 104 valence electrons. The number of hydrogen-bond donors (Lipinski definition) is 3. The van der Waals surface area contributed by atoms with Gasteiger partial charge in [0.25, 0.3) is 0 Å². The van der Waals surface area contributed by atoms with Crippen LogP contribution in [0, 0.1) is 5.92 Å². The minimum Gasteiger partial charge on any atom is -0.467 e. The van der Waals surface area contributed by atoms with Gasteiger partial charge in [0.15, 0.2) is 0 Å². The van der Waals surface area contributed by atoms with E-state index < -0.39 is 24.0 Å². The first-order valence-corrected chi connectivity index (χ1v) is 5.67. The van der Waals surface area contributed by atoms with Crippen LogP contribution in [0.1, 0.15) is 20.8 Å². The van der Waals surface area contributed by atoms with E-state index >= 15 is 0 Å². The molecule has 4 N–H and O–H groups in total. The fourth-order valence-corrected chi connectivity index (χ4v) is 1.49. The summed E-state index contributed by atoms with van der Waals surface area (Å²) in [6.07, 6.45) is 0. The summed E-state index contributed by atoms with van der Waals surface area (Å²) in [5, 5.41) is 5.28. The number of methoxy groups -OCH3 is 1. The van der Waals surface area contributed by atoms with Crippen LogP contribution in [0.2, 0.25) is 0 Å². The lowest BCUT2D eigenvalue weighted by molar-refractivity contribution is -0.144. The monoisotopic (exact) mass is 259 g/mol. The van der Waals surface area contributed by atoms with Gasteiger partial charge in [0, 0.05) is 13.5 Å². The highest BCUT2D eigenvalue weighted by Crippen LogP contribution is 2.01. The van der Waals surface area contributed by atoms with E-state index in [1.807, 2.05) is 13.8 Å². The number of hydrogen-bond acceptors (Lipinski definition) is 5. The molecule has 18 heavy (non-hydrogen) atoms. The van der Waals surface area contributed by atoms with Gasteiger partial charge in [-0.15, -0.1) is 0 Å². The van der Waals surface area contributed by atoms with E-state index in [0.29, 0.717) is 0 Å². The maximum Gasteiger partial charge on any atom is 0.329 e. The molecule has 0 saturated carbocycles. The van der Waals surface area contributed by atoms with Crippen molar-refractivity contribution in [2.24, 2.45) is 11.7 Å². The SMILES string of the molecule is COC(=O)C(CNC(C(N)=O)C(C)C)NC(C)=O. The molecule has 0 saturated heterocycles. The van der Waals surface area contributed by atoms with E-state index in [1.165, 1.54) is 14.0 Å². The van der Waals surface area contributed by atoms with E-state index in [1.54, 1.807) is 0 Å². The van der Waals surface area contributed by atoms with E-state index in [0.717, 1.165) is 0 Å². The first kappa shape index (κ1) is 16.4. The van der Waals surface area contributed by atoms with Crippen molar-refractivity contribution in [1.29, 1.82) is 0 Å². The molecule has 0 fully saturated rings. The van der Waals surface area contributed by atoms with Crippen LogP contribution < -0.4 is 16.4 Å². The highest BCUT2D eigenvalue weighted by Gasteiger charge is 2.24. The zero-order valence-electron chi connectivity index (χ0n) is 11.1. The number of esters is 1. The van der Waals surface area contributed by atoms with Crippen LogP contribution in [0.25, 0.3) is 0 Å². The number of nitrogens with two attached hydrogens (primary N) is 1. The molecule has 0 aromatic carbocycles. The number of nitrogens with one attached hydrogen (secondary N) is 2. The summed E-state index contributed by atoms with van der Waals surface area (Å²) in [4.78, 5) is 33.5. The molecule has 0 rings (SSSR count). The fourth-order valence-electron chi connectivity index (χ4n) is 1.49. The molecule has 0 aliphatic carbocycles. The smallest absolute Gasteiger partial charge is 0.329 e. The predicted molar refractivity (Wildman–Crippen MR) is 65.4 cm³/mol. The second-order valence-corrected chi connectivity index (χ2v) is 4.31. The van der Waals surface area contributed by atoms with Gasteiger partial charge >= 0.3 is 5.97 Å². The number of carbonyl (C=O) groups excluding carboxylic acids is 3. The number of primary amides is 1. The average Bonchev–Trinajstić information content (AvgIpc) is 2.25. The molecule has 7 nitrogen and oxygen atoms in total. The molecule has 0 bridgehead atoms. The van der Waals surface area contributed by atoms with Crippen LogP contribution in [0.3, 0.4) is 0 Å². The van der Waals surface area contributed by atoms with Gasteiger partial charge in [-0.1, -0.05) is 13.8 Å². The highest BCUT2D eigenvalue weighted by atomic mass is 16.5. The first-order valence-electron chi connectivity index (χ1n) is 5.67. The van der Waals surface area contributed by atoms with Gasteiger partial charge in [-0.25, -0.2) is 4.79 Å². The Bertz CT molecular complexity index is 317. The van der Waals surface area contributed by atoms with Crippen molar-refractivity contribution in [3.8, 4) is 0 Å². The van der Waals surface area contributed by atoms with Gasteiger partial charge in [0.1, 0.15) is 6.04 Å². The molecule has 0 aromatic heterocycles. The highest BCUT2D eigenvalue weighted by molar-refractivity contribution is 5.83. The van der Waals surface area contributed by atoms with Gasteiger partial charge in [0.05, 0.1) is 13.2 Å². The zero-order valence-corrected chi connectivity index (χ0v) is 11.1. The molecule has 0 aliphatic rings. The second-order valence-electron chi connectivity index (χ2n) is 4.31. The van der Waals surface area contributed by atoms with Crippen LogP contribution in [0.5, 0.6) is 0 Å². The molecular weight excluding hydrogens is 238 g/mol. The van der Waals surface area contributed by atoms with Gasteiger partial charge in [0.2, 0.25) is 11.8 Å². The summed E-state index contributed by atoms with van der Waals surface area (Å²) in [6.45, 7) is 5.03. The summed E-state index contributed by atoms with van der Waals surface area (Å²) >= 11 is 0. The third kappa shape index (κ3) is 5.62. The molecule has 7 heteroatoms. The van der Waals surface area contributed by atoms with Crippen LogP contribution in [-0.2, 0) is 19.1 Å². The Morgan fingerprint density at radius 3 is 2.17 bits per heavy atom. The molecule has 2 atom stereocenters. The lowest BCUT2D eigenvalue weighted by Crippen LogP contribution is -2.53. The Hall–Kier alpha value is -1.63. The van der Waals surface area contributed by atoms with Crippen LogP contribution >= 0.6 is 0 Å². The second kappa shape index (κ2) is 7.65. The van der Waals surface area contributed by atoms with Crippen molar-refractivity contribution in [3.05, 3.63) is 0 Å². The standard InChI is InChI=1S/C11H21N3O4/c1-6(2)9(10(12)16)13-5-8(11(17)18-4)14-7(3)15/h6,8-9,13H,5H2,1-4H3,(H2,12,16)(H,14,15). The minimum atomic E-state index is -0.840. The van der Waals surface area contributed by atoms with E-state index in [2.05, 4.69) is 15.4 Å². The molecule has 0 heterocycles. The lowest BCUT2D eigenvalue weighted by atomic mass is 10.0. The summed E-state index contributed by atoms with van der Waals surface area (Å²) in [7, 11) is 1.23. The van der Waals surface area contributed by atoms with Crippen molar-refractivity contribution in [2.45, 2.75) is 32.9 Å². The van der Waals surface area contributed by atoms with Gasteiger partial charge in [-0.2, -0.15) is 0 Å². The summed E-state index contributed by atoms with van der Waals surface area (Å²) in [5.41, 5.74) is 5.23. The van der Waals surface area contributed by atoms with Crippen LogP contribution in [0.4, 0.5) is 0 Å². The Labute approximate surface area is 106 Å².